The number of rotatable bonds is 6. The Bertz CT molecular complexity index is 1610. The molecular weight excluding hydrogens is 496 g/mol. The number of ether oxygens (including phenoxy) is 2. The number of hydrogen-bond donors (Lipinski definition) is 0. The number of benzene rings is 3. The number of carbonyl (C=O) groups is 1. The fourth-order valence-electron chi connectivity index (χ4n) is 3.72. The summed E-state index contributed by atoms with van der Waals surface area (Å²) >= 11 is 0. The Morgan fingerprint density at radius 1 is 0.895 bits per heavy atom. The monoisotopic (exact) mass is 518 g/mol. The second-order valence-corrected chi connectivity index (χ2v) is 9.51. The Hall–Kier alpha value is -5.06. The van der Waals surface area contributed by atoms with Gasteiger partial charge in [-0.15, -0.1) is 0 Å². The third-order valence-corrected chi connectivity index (χ3v) is 5.86. The molecule has 0 radical (unpaired) electrons. The topological polar surface area (TPSA) is 152 Å². The Labute approximate surface area is 215 Å². The van der Waals surface area contributed by atoms with Crippen molar-refractivity contribution >= 4 is 28.3 Å². The molecule has 11 nitrogen and oxygen atoms in total. The number of nitro groups is 2. The van der Waals surface area contributed by atoms with Gasteiger partial charge in [0.05, 0.1) is 20.8 Å². The molecule has 0 N–H and O–H groups in total. The standard InChI is InChI=1S/C27H22N2O9/c1-15-21(28(32)33)11-16(12-22(15)29(34)35)26(31)38-19-9-10-20-23(13-19)36-14-24(25(20)30)37-18-7-5-17(6-8-18)27(2,3)4/h5-14H,1-4H3. The lowest BCUT2D eigenvalue weighted by atomic mass is 9.87. The molecule has 3 aromatic carbocycles. The zero-order valence-corrected chi connectivity index (χ0v) is 20.8. The summed E-state index contributed by atoms with van der Waals surface area (Å²) in [4.78, 5) is 46.5. The molecule has 4 rings (SSSR count). The van der Waals surface area contributed by atoms with Crippen molar-refractivity contribution in [3.8, 4) is 17.2 Å². The summed E-state index contributed by atoms with van der Waals surface area (Å²) in [7, 11) is 0. The van der Waals surface area contributed by atoms with Crippen LogP contribution in [0.25, 0.3) is 11.0 Å². The van der Waals surface area contributed by atoms with E-state index in [0.29, 0.717) is 5.75 Å². The van der Waals surface area contributed by atoms with Crippen molar-refractivity contribution in [1.29, 1.82) is 0 Å². The summed E-state index contributed by atoms with van der Waals surface area (Å²) in [5.74, 6) is -0.680. The van der Waals surface area contributed by atoms with Crippen molar-refractivity contribution < 1.29 is 28.5 Å². The molecule has 0 saturated heterocycles. The third-order valence-electron chi connectivity index (χ3n) is 5.86. The van der Waals surface area contributed by atoms with E-state index in [9.17, 15) is 29.8 Å². The highest BCUT2D eigenvalue weighted by atomic mass is 16.6. The van der Waals surface area contributed by atoms with E-state index < -0.39 is 32.6 Å². The molecule has 0 amide bonds. The van der Waals surface area contributed by atoms with Crippen molar-refractivity contribution in [2.24, 2.45) is 0 Å². The summed E-state index contributed by atoms with van der Waals surface area (Å²) in [6.07, 6.45) is 1.14. The number of hydrogen-bond acceptors (Lipinski definition) is 9. The van der Waals surface area contributed by atoms with E-state index >= 15 is 0 Å². The number of esters is 1. The molecule has 0 atom stereocenters. The highest BCUT2D eigenvalue weighted by Crippen LogP contribution is 2.31. The molecule has 0 saturated carbocycles. The highest BCUT2D eigenvalue weighted by molar-refractivity contribution is 5.93. The zero-order chi connectivity index (χ0) is 27.8. The smallest absolute Gasteiger partial charge is 0.344 e. The quantitative estimate of drug-likeness (QED) is 0.125. The lowest BCUT2D eigenvalue weighted by Gasteiger charge is -2.19. The van der Waals surface area contributed by atoms with Crippen LogP contribution in [0.4, 0.5) is 11.4 Å². The largest absolute Gasteiger partial charge is 0.460 e. The van der Waals surface area contributed by atoms with Crippen LogP contribution in [0.2, 0.25) is 0 Å². The van der Waals surface area contributed by atoms with Crippen LogP contribution in [0, 0.1) is 27.2 Å². The van der Waals surface area contributed by atoms with Gasteiger partial charge in [0, 0.05) is 18.2 Å². The average Bonchev–Trinajstić information content (AvgIpc) is 2.85. The van der Waals surface area contributed by atoms with Crippen molar-refractivity contribution in [2.45, 2.75) is 33.1 Å². The van der Waals surface area contributed by atoms with Gasteiger partial charge in [-0.3, -0.25) is 25.0 Å². The van der Waals surface area contributed by atoms with Crippen LogP contribution in [0.3, 0.4) is 0 Å². The van der Waals surface area contributed by atoms with E-state index in [1.807, 2.05) is 12.1 Å². The van der Waals surface area contributed by atoms with Gasteiger partial charge in [-0.05, 0) is 42.2 Å². The van der Waals surface area contributed by atoms with Gasteiger partial charge in [-0.25, -0.2) is 4.79 Å². The van der Waals surface area contributed by atoms with E-state index in [-0.39, 0.29) is 39.0 Å². The molecular formula is C27H22N2O9. The molecule has 194 valence electrons. The molecule has 0 bridgehead atoms. The molecule has 0 aliphatic rings. The Morgan fingerprint density at radius 2 is 1.47 bits per heavy atom. The van der Waals surface area contributed by atoms with E-state index in [0.717, 1.165) is 24.0 Å². The predicted octanol–water partition coefficient (Wildman–Crippen LogP) is 6.23. The summed E-state index contributed by atoms with van der Waals surface area (Å²) < 4.78 is 16.5. The third kappa shape index (κ3) is 5.21. The van der Waals surface area contributed by atoms with Gasteiger partial charge < -0.3 is 13.9 Å². The van der Waals surface area contributed by atoms with Crippen molar-refractivity contribution in [3.63, 3.8) is 0 Å². The van der Waals surface area contributed by atoms with Gasteiger partial charge in [-0.1, -0.05) is 32.9 Å². The average molecular weight is 518 g/mol. The maximum absolute atomic E-state index is 12.9. The molecule has 0 spiro atoms. The second kappa shape index (κ2) is 9.77. The summed E-state index contributed by atoms with van der Waals surface area (Å²) in [6, 6.07) is 13.1. The highest BCUT2D eigenvalue weighted by Gasteiger charge is 2.26. The van der Waals surface area contributed by atoms with Crippen molar-refractivity contribution in [1.82, 2.24) is 0 Å². The number of fused-ring (bicyclic) bond motifs is 1. The molecule has 4 aromatic rings. The minimum absolute atomic E-state index is 0.0370. The van der Waals surface area contributed by atoms with E-state index in [4.69, 9.17) is 13.9 Å². The molecule has 0 unspecified atom stereocenters. The molecule has 11 heteroatoms. The molecule has 1 aromatic heterocycles. The minimum Gasteiger partial charge on any atom is -0.460 e. The predicted molar refractivity (Wildman–Crippen MR) is 137 cm³/mol. The van der Waals surface area contributed by atoms with Crippen molar-refractivity contribution in [2.75, 3.05) is 0 Å². The van der Waals surface area contributed by atoms with Gasteiger partial charge in [0.25, 0.3) is 11.4 Å². The van der Waals surface area contributed by atoms with Gasteiger partial charge in [0.15, 0.2) is 0 Å². The molecule has 38 heavy (non-hydrogen) atoms. The van der Waals surface area contributed by atoms with Crippen LogP contribution in [-0.2, 0) is 5.41 Å². The summed E-state index contributed by atoms with van der Waals surface area (Å²) in [6.45, 7) is 7.47. The van der Waals surface area contributed by atoms with E-state index in [2.05, 4.69) is 20.8 Å². The van der Waals surface area contributed by atoms with E-state index in [1.54, 1.807) is 12.1 Å². The van der Waals surface area contributed by atoms with Crippen LogP contribution in [0.1, 0.15) is 42.3 Å². The van der Waals surface area contributed by atoms with Crippen LogP contribution in [0.15, 0.2) is 70.1 Å². The molecule has 0 aliphatic heterocycles. The summed E-state index contributed by atoms with van der Waals surface area (Å²) in [5, 5.41) is 22.7. The maximum atomic E-state index is 12.9. The first-order chi connectivity index (χ1) is 17.8. The molecule has 0 aliphatic carbocycles. The second-order valence-electron chi connectivity index (χ2n) is 9.51. The zero-order valence-electron chi connectivity index (χ0n) is 20.8. The Balaban J connectivity index is 1.59. The minimum atomic E-state index is -1.06. The maximum Gasteiger partial charge on any atom is 0.344 e. The lowest BCUT2D eigenvalue weighted by Crippen LogP contribution is -2.11. The molecule has 1 heterocycles. The van der Waals surface area contributed by atoms with Crippen LogP contribution < -0.4 is 14.9 Å². The van der Waals surface area contributed by atoms with Crippen LogP contribution in [0.5, 0.6) is 17.2 Å². The van der Waals surface area contributed by atoms with Gasteiger partial charge in [-0.2, -0.15) is 0 Å². The van der Waals surface area contributed by atoms with Gasteiger partial charge in [0.2, 0.25) is 11.2 Å². The Morgan fingerprint density at radius 3 is 2.03 bits per heavy atom. The fourth-order valence-corrected chi connectivity index (χ4v) is 3.72. The van der Waals surface area contributed by atoms with Crippen LogP contribution >= 0.6 is 0 Å². The first-order valence-electron chi connectivity index (χ1n) is 11.3. The summed E-state index contributed by atoms with van der Waals surface area (Å²) in [5.41, 5.74) is -1.03. The Kier molecular flexibility index (Phi) is 6.69. The number of nitro benzene ring substituents is 2. The van der Waals surface area contributed by atoms with Gasteiger partial charge in [0.1, 0.15) is 28.9 Å². The first-order valence-corrected chi connectivity index (χ1v) is 11.3. The van der Waals surface area contributed by atoms with E-state index in [1.165, 1.54) is 25.1 Å². The number of nitrogens with zero attached hydrogens (tertiary/aromatic N) is 2. The molecule has 0 fully saturated rings. The lowest BCUT2D eigenvalue weighted by molar-refractivity contribution is -0.395. The fraction of sp³-hybridized carbons (Fsp3) is 0.185. The normalized spacial score (nSPS) is 11.3. The number of carbonyl (C=O) groups excluding carboxylic acids is 1. The van der Waals surface area contributed by atoms with Crippen LogP contribution in [-0.4, -0.2) is 15.8 Å². The SMILES string of the molecule is Cc1c([N+](=O)[O-])cc(C(=O)Oc2ccc3c(=O)c(Oc4ccc(C(C)(C)C)cc4)coc3c2)cc1[N+](=O)[O-]. The van der Waals surface area contributed by atoms with Crippen molar-refractivity contribution in [3.05, 3.63) is 108 Å². The first kappa shape index (κ1) is 26.0. The van der Waals surface area contributed by atoms with Gasteiger partial charge >= 0.3 is 5.97 Å².